The van der Waals surface area contributed by atoms with E-state index in [1.807, 2.05) is 37.3 Å². The van der Waals surface area contributed by atoms with E-state index >= 15 is 0 Å². The van der Waals surface area contributed by atoms with Gasteiger partial charge in [0.15, 0.2) is 9.84 Å². The number of pyridine rings is 1. The zero-order chi connectivity index (χ0) is 26.0. The fourth-order valence-electron chi connectivity index (χ4n) is 4.56. The molecule has 2 aliphatic rings. The summed E-state index contributed by atoms with van der Waals surface area (Å²) >= 11 is 0. The molecule has 0 unspecified atom stereocenters. The summed E-state index contributed by atoms with van der Waals surface area (Å²) in [4.78, 5) is 17.4. The smallest absolute Gasteiger partial charge is 0.255 e. The van der Waals surface area contributed by atoms with Crippen molar-refractivity contribution in [3.05, 3.63) is 65.4 Å². The van der Waals surface area contributed by atoms with E-state index in [0.29, 0.717) is 30.3 Å². The van der Waals surface area contributed by atoms with Crippen molar-refractivity contribution in [1.29, 1.82) is 0 Å². The number of nitrogens with zero attached hydrogens (tertiary/aromatic N) is 1. The second-order valence-electron chi connectivity index (χ2n) is 10.4. The number of aryl methyl sites for hydroxylation is 1. The van der Waals surface area contributed by atoms with Gasteiger partial charge in [-0.15, -0.1) is 0 Å². The molecule has 1 aromatic heterocycles. The van der Waals surface area contributed by atoms with Gasteiger partial charge in [-0.05, 0) is 86.1 Å². The van der Waals surface area contributed by atoms with Gasteiger partial charge in [0.1, 0.15) is 5.75 Å². The molecule has 1 saturated heterocycles. The highest BCUT2D eigenvalue weighted by Crippen LogP contribution is 2.30. The number of hydrogen-bond acceptors (Lipinski definition) is 7. The number of carbonyl (C=O) groups excluding carboxylic acids is 1. The molecule has 0 bridgehead atoms. The van der Waals surface area contributed by atoms with Crippen LogP contribution in [0.3, 0.4) is 0 Å². The third kappa shape index (κ3) is 6.47. The van der Waals surface area contributed by atoms with E-state index in [2.05, 4.69) is 15.6 Å². The van der Waals surface area contributed by atoms with E-state index in [1.165, 1.54) is 12.8 Å². The summed E-state index contributed by atoms with van der Waals surface area (Å²) in [7, 11) is -3.02. The molecule has 0 radical (unpaired) electrons. The number of anilines is 1. The van der Waals surface area contributed by atoms with Crippen LogP contribution in [0.5, 0.6) is 5.75 Å². The molecule has 5 rings (SSSR count). The Morgan fingerprint density at radius 2 is 1.86 bits per heavy atom. The molecule has 0 spiro atoms. The van der Waals surface area contributed by atoms with Crippen LogP contribution in [-0.2, 0) is 16.4 Å². The predicted octanol–water partition coefficient (Wildman–Crippen LogP) is 3.61. The van der Waals surface area contributed by atoms with Crippen LogP contribution < -0.4 is 15.4 Å². The molecular weight excluding hydrogens is 490 g/mol. The number of amides is 1. The number of hydrogen-bond donors (Lipinski definition) is 3. The summed E-state index contributed by atoms with van der Waals surface area (Å²) in [5.41, 5.74) is 2.92. The molecule has 0 atom stereocenters. The van der Waals surface area contributed by atoms with Crippen molar-refractivity contribution in [2.75, 3.05) is 30.0 Å². The first-order valence-corrected chi connectivity index (χ1v) is 14.6. The maximum Gasteiger partial charge on any atom is 0.255 e. The lowest BCUT2D eigenvalue weighted by Crippen LogP contribution is -2.46. The van der Waals surface area contributed by atoms with Crippen molar-refractivity contribution in [2.45, 2.75) is 44.8 Å². The van der Waals surface area contributed by atoms with Crippen LogP contribution in [0.2, 0.25) is 0 Å². The molecule has 3 N–H and O–H groups in total. The van der Waals surface area contributed by atoms with Gasteiger partial charge in [-0.25, -0.2) is 8.42 Å². The van der Waals surface area contributed by atoms with Crippen molar-refractivity contribution >= 4 is 32.3 Å². The molecule has 1 aliphatic heterocycles. The quantitative estimate of drug-likeness (QED) is 0.392. The van der Waals surface area contributed by atoms with Crippen LogP contribution in [0.1, 0.15) is 47.2 Å². The topological polar surface area (TPSA) is 118 Å². The van der Waals surface area contributed by atoms with Crippen LogP contribution in [0.15, 0.2) is 48.7 Å². The third-order valence-corrected chi connectivity index (χ3v) is 8.90. The molecule has 1 aliphatic carbocycles. The number of nitrogens with one attached hydrogen (secondary N) is 2. The Labute approximate surface area is 217 Å². The summed E-state index contributed by atoms with van der Waals surface area (Å²) in [6.45, 7) is 3.51. The molecule has 2 fully saturated rings. The number of rotatable bonds is 9. The first kappa shape index (κ1) is 25.6. The van der Waals surface area contributed by atoms with Gasteiger partial charge in [0, 0.05) is 35.9 Å². The minimum Gasteiger partial charge on any atom is -0.493 e. The minimum atomic E-state index is -3.02. The fourth-order valence-corrected chi connectivity index (χ4v) is 6.14. The Hall–Kier alpha value is -3.01. The van der Waals surface area contributed by atoms with Gasteiger partial charge in [0.05, 0.1) is 29.2 Å². The molecular formula is C28H33N3O5S. The lowest BCUT2D eigenvalue weighted by atomic mass is 9.97. The average Bonchev–Trinajstić information content (AvgIpc) is 3.72. The van der Waals surface area contributed by atoms with E-state index in [-0.39, 0.29) is 30.3 Å². The van der Waals surface area contributed by atoms with Gasteiger partial charge in [0.25, 0.3) is 5.91 Å². The highest BCUT2D eigenvalue weighted by Gasteiger charge is 2.34. The van der Waals surface area contributed by atoms with E-state index in [0.717, 1.165) is 34.4 Å². The molecule has 37 heavy (non-hydrogen) atoms. The molecule has 8 nitrogen and oxygen atoms in total. The van der Waals surface area contributed by atoms with Crippen LogP contribution >= 0.6 is 0 Å². The van der Waals surface area contributed by atoms with Crippen molar-refractivity contribution in [3.8, 4) is 5.75 Å². The zero-order valence-electron chi connectivity index (χ0n) is 21.0. The lowest BCUT2D eigenvalue weighted by molar-refractivity contribution is 0.0303. The number of aliphatic hydroxyl groups is 1. The first-order chi connectivity index (χ1) is 17.7. The Kier molecular flexibility index (Phi) is 7.20. The molecule has 9 heteroatoms. The second kappa shape index (κ2) is 10.4. The number of aromatic nitrogens is 1. The Morgan fingerprint density at radius 3 is 2.57 bits per heavy atom. The monoisotopic (exact) mass is 523 g/mol. The summed E-state index contributed by atoms with van der Waals surface area (Å²) in [5.74, 6) is 1.32. The lowest BCUT2D eigenvalue weighted by Gasteiger charge is -2.32. The summed E-state index contributed by atoms with van der Waals surface area (Å²) in [5, 5.41) is 17.8. The molecule has 1 saturated carbocycles. The number of benzene rings is 2. The number of carbonyl (C=O) groups is 1. The van der Waals surface area contributed by atoms with Crippen LogP contribution in [0.25, 0.3) is 10.9 Å². The number of ether oxygens (including phenoxy) is 1. The second-order valence-corrected chi connectivity index (χ2v) is 12.7. The standard InChI is InChI=1S/C28H33N3O5S/c1-19-25(31-27(32)22-4-7-24(8-5-22)36-17-20-2-3-20)9-6-23-14-21(16-30-26(19)23)15-29-18-28(33)10-12-37(34,35)13-11-28/h4-9,14,16,20,29,33H,2-3,10-13,15,17-18H2,1H3,(H,31,32). The Balaban J connectivity index is 1.19. The Bertz CT molecular complexity index is 1390. The van der Waals surface area contributed by atoms with Gasteiger partial charge in [-0.2, -0.15) is 0 Å². The van der Waals surface area contributed by atoms with Crippen LogP contribution in [0.4, 0.5) is 5.69 Å². The van der Waals surface area contributed by atoms with Crippen LogP contribution in [-0.4, -0.2) is 54.7 Å². The maximum absolute atomic E-state index is 12.8. The highest BCUT2D eigenvalue weighted by molar-refractivity contribution is 7.91. The Morgan fingerprint density at radius 1 is 1.14 bits per heavy atom. The zero-order valence-corrected chi connectivity index (χ0v) is 21.8. The normalized spacial score (nSPS) is 18.4. The highest BCUT2D eigenvalue weighted by atomic mass is 32.2. The summed E-state index contributed by atoms with van der Waals surface area (Å²) in [6, 6.07) is 13.1. The van der Waals surface area contributed by atoms with Crippen molar-refractivity contribution < 1.29 is 23.1 Å². The van der Waals surface area contributed by atoms with E-state index in [1.54, 1.807) is 18.3 Å². The maximum atomic E-state index is 12.8. The largest absolute Gasteiger partial charge is 0.493 e. The van der Waals surface area contributed by atoms with Gasteiger partial charge in [-0.3, -0.25) is 9.78 Å². The average molecular weight is 524 g/mol. The van der Waals surface area contributed by atoms with Gasteiger partial charge < -0.3 is 20.5 Å². The third-order valence-electron chi connectivity index (χ3n) is 7.25. The van der Waals surface area contributed by atoms with Gasteiger partial charge in [-0.1, -0.05) is 6.07 Å². The van der Waals surface area contributed by atoms with Gasteiger partial charge in [0.2, 0.25) is 0 Å². The molecule has 2 aromatic carbocycles. The summed E-state index contributed by atoms with van der Waals surface area (Å²) in [6.07, 6.45) is 4.76. The minimum absolute atomic E-state index is 0.0287. The molecule has 196 valence electrons. The number of fused-ring (bicyclic) bond motifs is 1. The van der Waals surface area contributed by atoms with Gasteiger partial charge >= 0.3 is 0 Å². The predicted molar refractivity (Wildman–Crippen MR) is 144 cm³/mol. The van der Waals surface area contributed by atoms with Crippen molar-refractivity contribution in [3.63, 3.8) is 0 Å². The van der Waals surface area contributed by atoms with Crippen LogP contribution in [0, 0.1) is 12.8 Å². The molecule has 1 amide bonds. The van der Waals surface area contributed by atoms with E-state index < -0.39 is 15.4 Å². The fraction of sp³-hybridized carbons (Fsp3) is 0.429. The molecule has 3 aromatic rings. The van der Waals surface area contributed by atoms with Crippen molar-refractivity contribution in [1.82, 2.24) is 10.3 Å². The van der Waals surface area contributed by atoms with E-state index in [9.17, 15) is 18.3 Å². The van der Waals surface area contributed by atoms with E-state index in [4.69, 9.17) is 4.74 Å². The first-order valence-electron chi connectivity index (χ1n) is 12.8. The van der Waals surface area contributed by atoms with Crippen molar-refractivity contribution in [2.24, 2.45) is 5.92 Å². The molecule has 2 heterocycles. The SMILES string of the molecule is Cc1c(NC(=O)c2ccc(OCC3CC3)cc2)ccc2cc(CNCC3(O)CCS(=O)(=O)CC3)cnc12. The number of sulfone groups is 1. The summed E-state index contributed by atoms with van der Waals surface area (Å²) < 4.78 is 29.0.